The molecule has 0 aliphatic heterocycles. The van der Waals surface area contributed by atoms with E-state index in [9.17, 15) is 4.79 Å². The second-order valence-corrected chi connectivity index (χ2v) is 7.33. The molecule has 0 saturated heterocycles. The van der Waals surface area contributed by atoms with E-state index < -0.39 is 0 Å². The van der Waals surface area contributed by atoms with Gasteiger partial charge < -0.3 is 5.32 Å². The largest absolute Gasteiger partial charge is 0.310 e. The van der Waals surface area contributed by atoms with Gasteiger partial charge in [0.25, 0.3) is 0 Å². The number of imidazole rings is 1. The van der Waals surface area contributed by atoms with Gasteiger partial charge in [-0.2, -0.15) is 0 Å². The Morgan fingerprint density at radius 2 is 1.92 bits per heavy atom. The van der Waals surface area contributed by atoms with Crippen molar-refractivity contribution in [3.63, 3.8) is 0 Å². The first-order chi connectivity index (χ1) is 12.5. The van der Waals surface area contributed by atoms with Crippen molar-refractivity contribution in [2.75, 3.05) is 11.1 Å². The Labute approximate surface area is 157 Å². The number of anilines is 1. The van der Waals surface area contributed by atoms with Crippen molar-refractivity contribution >= 4 is 23.5 Å². The van der Waals surface area contributed by atoms with Crippen molar-refractivity contribution < 1.29 is 4.79 Å². The van der Waals surface area contributed by atoms with Crippen LogP contribution in [-0.4, -0.2) is 26.2 Å². The molecular formula is C20H22N4OS. The minimum atomic E-state index is -0.101. The summed E-state index contributed by atoms with van der Waals surface area (Å²) in [6, 6.07) is 12.1. The van der Waals surface area contributed by atoms with Gasteiger partial charge >= 0.3 is 0 Å². The molecule has 0 bridgehead atoms. The molecule has 2 aromatic heterocycles. The third kappa shape index (κ3) is 4.52. The zero-order valence-corrected chi connectivity index (χ0v) is 16.0. The topological polar surface area (TPSA) is 59.8 Å². The predicted molar refractivity (Wildman–Crippen MR) is 106 cm³/mol. The fraction of sp³-hybridized carbons (Fsp3) is 0.250. The minimum Gasteiger partial charge on any atom is -0.310 e. The van der Waals surface area contributed by atoms with Crippen LogP contribution in [0.15, 0.2) is 60.1 Å². The Morgan fingerprint density at radius 3 is 2.58 bits per heavy atom. The number of nitrogens with zero attached hydrogens (tertiary/aromatic N) is 3. The molecule has 5 nitrogen and oxygen atoms in total. The number of aryl methyl sites for hydroxylation is 1. The molecule has 0 fully saturated rings. The van der Waals surface area contributed by atoms with E-state index in [4.69, 9.17) is 0 Å². The van der Waals surface area contributed by atoms with Crippen LogP contribution in [0.1, 0.15) is 30.9 Å². The van der Waals surface area contributed by atoms with E-state index in [1.165, 1.54) is 17.3 Å². The van der Waals surface area contributed by atoms with Gasteiger partial charge in [0.05, 0.1) is 5.75 Å². The molecule has 1 N–H and O–H groups in total. The van der Waals surface area contributed by atoms with Crippen LogP contribution in [0.4, 0.5) is 5.82 Å². The average molecular weight is 366 g/mol. The molecule has 0 unspecified atom stereocenters. The van der Waals surface area contributed by atoms with Gasteiger partial charge in [-0.25, -0.2) is 9.97 Å². The highest BCUT2D eigenvalue weighted by molar-refractivity contribution is 7.99. The van der Waals surface area contributed by atoms with E-state index in [0.717, 1.165) is 16.4 Å². The predicted octanol–water partition coefficient (Wildman–Crippen LogP) is 4.43. The maximum absolute atomic E-state index is 12.2. The Kier molecular flexibility index (Phi) is 5.73. The number of nitrogens with one attached hydrogen (secondary N) is 1. The number of thioether (sulfide) groups is 1. The molecule has 1 amide bonds. The van der Waals surface area contributed by atoms with Gasteiger partial charge in [0.1, 0.15) is 5.82 Å². The average Bonchev–Trinajstić information content (AvgIpc) is 3.10. The standard InChI is InChI=1S/C20H22N4OS/c1-14(2)16-5-7-17(8-6-16)24-11-10-21-20(24)26-13-19(25)23-18-9-4-15(3)12-22-18/h4-12,14H,13H2,1-3H3,(H,22,23,25). The molecule has 0 saturated carbocycles. The third-order valence-electron chi connectivity index (χ3n) is 3.96. The number of aromatic nitrogens is 3. The molecule has 3 aromatic rings. The number of carbonyl (C=O) groups excluding carboxylic acids is 1. The summed E-state index contributed by atoms with van der Waals surface area (Å²) in [6.07, 6.45) is 5.39. The van der Waals surface area contributed by atoms with Crippen LogP contribution < -0.4 is 5.32 Å². The minimum absolute atomic E-state index is 0.101. The van der Waals surface area contributed by atoms with Crippen LogP contribution in [0.25, 0.3) is 5.69 Å². The van der Waals surface area contributed by atoms with Crippen LogP contribution >= 0.6 is 11.8 Å². The molecule has 1 aromatic carbocycles. The number of hydrogen-bond acceptors (Lipinski definition) is 4. The Hall–Kier alpha value is -2.60. The molecule has 0 aliphatic carbocycles. The summed E-state index contributed by atoms with van der Waals surface area (Å²) in [4.78, 5) is 20.7. The molecule has 0 aliphatic rings. The molecule has 0 radical (unpaired) electrons. The summed E-state index contributed by atoms with van der Waals surface area (Å²) in [5.74, 6) is 1.24. The first-order valence-electron chi connectivity index (χ1n) is 8.52. The summed E-state index contributed by atoms with van der Waals surface area (Å²) in [5, 5.41) is 3.59. The molecule has 0 atom stereocenters. The van der Waals surface area contributed by atoms with E-state index in [-0.39, 0.29) is 11.7 Å². The van der Waals surface area contributed by atoms with E-state index in [2.05, 4.69) is 53.4 Å². The van der Waals surface area contributed by atoms with Crippen LogP contribution in [0.3, 0.4) is 0 Å². The van der Waals surface area contributed by atoms with E-state index in [1.54, 1.807) is 18.5 Å². The fourth-order valence-electron chi connectivity index (χ4n) is 2.46. The van der Waals surface area contributed by atoms with Crippen molar-refractivity contribution in [2.24, 2.45) is 0 Å². The highest BCUT2D eigenvalue weighted by Crippen LogP contribution is 2.22. The molecule has 2 heterocycles. The Morgan fingerprint density at radius 1 is 1.15 bits per heavy atom. The quantitative estimate of drug-likeness (QED) is 0.656. The Bertz CT molecular complexity index is 870. The zero-order chi connectivity index (χ0) is 18.5. The SMILES string of the molecule is Cc1ccc(NC(=O)CSc2nccn2-c2ccc(C(C)C)cc2)nc1. The Balaban J connectivity index is 1.63. The van der Waals surface area contributed by atoms with Crippen molar-refractivity contribution in [1.82, 2.24) is 14.5 Å². The lowest BCUT2D eigenvalue weighted by Gasteiger charge is -2.10. The molecular weight excluding hydrogens is 344 g/mol. The lowest BCUT2D eigenvalue weighted by molar-refractivity contribution is -0.113. The third-order valence-corrected chi connectivity index (χ3v) is 4.92. The number of rotatable bonds is 6. The summed E-state index contributed by atoms with van der Waals surface area (Å²) >= 11 is 1.40. The normalized spacial score (nSPS) is 10.9. The van der Waals surface area contributed by atoms with E-state index in [1.807, 2.05) is 23.8 Å². The smallest absolute Gasteiger partial charge is 0.236 e. The summed E-state index contributed by atoms with van der Waals surface area (Å²) < 4.78 is 1.99. The second kappa shape index (κ2) is 8.19. The van der Waals surface area contributed by atoms with Crippen molar-refractivity contribution in [3.8, 4) is 5.69 Å². The van der Waals surface area contributed by atoms with Crippen molar-refractivity contribution in [1.29, 1.82) is 0 Å². The maximum atomic E-state index is 12.2. The van der Waals surface area contributed by atoms with Gasteiger partial charge in [-0.3, -0.25) is 9.36 Å². The summed E-state index contributed by atoms with van der Waals surface area (Å²) in [7, 11) is 0. The van der Waals surface area contributed by atoms with Gasteiger partial charge in [-0.15, -0.1) is 0 Å². The number of hydrogen-bond donors (Lipinski definition) is 1. The lowest BCUT2D eigenvalue weighted by Crippen LogP contribution is -2.15. The van der Waals surface area contributed by atoms with Crippen LogP contribution in [0.2, 0.25) is 0 Å². The van der Waals surface area contributed by atoms with Crippen molar-refractivity contribution in [2.45, 2.75) is 31.8 Å². The molecule has 26 heavy (non-hydrogen) atoms. The van der Waals surface area contributed by atoms with Gasteiger partial charge in [0.15, 0.2) is 5.16 Å². The van der Waals surface area contributed by atoms with Gasteiger partial charge in [-0.05, 0) is 42.2 Å². The van der Waals surface area contributed by atoms with Crippen LogP contribution in [0.5, 0.6) is 0 Å². The first-order valence-corrected chi connectivity index (χ1v) is 9.50. The molecule has 3 rings (SSSR count). The number of amides is 1. The highest BCUT2D eigenvalue weighted by atomic mass is 32.2. The highest BCUT2D eigenvalue weighted by Gasteiger charge is 2.10. The number of pyridine rings is 1. The zero-order valence-electron chi connectivity index (χ0n) is 15.1. The first kappa shape index (κ1) is 18.2. The van der Waals surface area contributed by atoms with E-state index in [0.29, 0.717) is 11.7 Å². The number of benzene rings is 1. The van der Waals surface area contributed by atoms with Crippen molar-refractivity contribution in [3.05, 3.63) is 66.1 Å². The van der Waals surface area contributed by atoms with E-state index >= 15 is 0 Å². The molecule has 0 spiro atoms. The van der Waals surface area contributed by atoms with Crippen LogP contribution in [0, 0.1) is 6.92 Å². The summed E-state index contributed by atoms with van der Waals surface area (Å²) in [5.41, 5.74) is 3.39. The fourth-order valence-corrected chi connectivity index (χ4v) is 3.24. The lowest BCUT2D eigenvalue weighted by atomic mass is 10.0. The second-order valence-electron chi connectivity index (χ2n) is 6.38. The number of carbonyl (C=O) groups is 1. The maximum Gasteiger partial charge on any atom is 0.236 e. The van der Waals surface area contributed by atoms with Gasteiger partial charge in [-0.1, -0.05) is 43.8 Å². The molecule has 6 heteroatoms. The van der Waals surface area contributed by atoms with Crippen LogP contribution in [-0.2, 0) is 4.79 Å². The summed E-state index contributed by atoms with van der Waals surface area (Å²) in [6.45, 7) is 6.31. The monoisotopic (exact) mass is 366 g/mol. The molecule has 134 valence electrons. The van der Waals surface area contributed by atoms with Gasteiger partial charge in [0, 0.05) is 24.3 Å². The van der Waals surface area contributed by atoms with Gasteiger partial charge in [0.2, 0.25) is 5.91 Å².